The zero-order valence-electron chi connectivity index (χ0n) is 10.2. The molecule has 1 amide bonds. The lowest BCUT2D eigenvalue weighted by molar-refractivity contribution is -0.117. The van der Waals surface area contributed by atoms with Gasteiger partial charge in [-0.2, -0.15) is 0 Å². The molecule has 1 aromatic rings. The topological polar surface area (TPSA) is 61.4 Å². The fourth-order valence-corrected chi connectivity index (χ4v) is 2.18. The third-order valence-electron chi connectivity index (χ3n) is 3.08. The summed E-state index contributed by atoms with van der Waals surface area (Å²) >= 11 is 0. The van der Waals surface area contributed by atoms with Gasteiger partial charge in [-0.05, 0) is 50.4 Å². The summed E-state index contributed by atoms with van der Waals surface area (Å²) < 4.78 is 0. The average molecular weight is 234 g/mol. The minimum Gasteiger partial charge on any atom is -0.505 e. The number of hydrogen-bond donors (Lipinski definition) is 3. The summed E-state index contributed by atoms with van der Waals surface area (Å²) in [6.07, 6.45) is 1.88. The number of aromatic hydroxyl groups is 1. The molecule has 0 aromatic heterocycles. The zero-order valence-corrected chi connectivity index (χ0v) is 10.2. The van der Waals surface area contributed by atoms with Gasteiger partial charge in [0.15, 0.2) is 0 Å². The molecular weight excluding hydrogens is 216 g/mol. The minimum absolute atomic E-state index is 0.0669. The van der Waals surface area contributed by atoms with Crippen molar-refractivity contribution in [3.05, 3.63) is 23.3 Å². The van der Waals surface area contributed by atoms with Crippen LogP contribution in [0.5, 0.6) is 5.75 Å². The Morgan fingerprint density at radius 3 is 2.88 bits per heavy atom. The van der Waals surface area contributed by atoms with E-state index in [0.717, 1.165) is 30.5 Å². The second-order valence-corrected chi connectivity index (χ2v) is 4.62. The highest BCUT2D eigenvalue weighted by Gasteiger charge is 2.22. The summed E-state index contributed by atoms with van der Waals surface area (Å²) in [7, 11) is 0. The van der Waals surface area contributed by atoms with Crippen LogP contribution in [0.25, 0.3) is 0 Å². The second-order valence-electron chi connectivity index (χ2n) is 4.62. The van der Waals surface area contributed by atoms with Gasteiger partial charge in [0.05, 0.1) is 11.7 Å². The lowest BCUT2D eigenvalue weighted by atomic mass is 10.1. The van der Waals surface area contributed by atoms with E-state index in [-0.39, 0.29) is 17.7 Å². The van der Waals surface area contributed by atoms with Crippen molar-refractivity contribution in [1.82, 2.24) is 5.32 Å². The Morgan fingerprint density at radius 2 is 2.24 bits per heavy atom. The van der Waals surface area contributed by atoms with Crippen LogP contribution >= 0.6 is 0 Å². The number of rotatable bonds is 2. The number of carbonyl (C=O) groups is 1. The van der Waals surface area contributed by atoms with Crippen LogP contribution in [-0.4, -0.2) is 23.6 Å². The van der Waals surface area contributed by atoms with Crippen molar-refractivity contribution in [2.45, 2.75) is 32.7 Å². The molecule has 2 rings (SSSR count). The van der Waals surface area contributed by atoms with E-state index in [1.807, 2.05) is 19.9 Å². The molecule has 4 heteroatoms. The Hall–Kier alpha value is -1.55. The first-order valence-electron chi connectivity index (χ1n) is 5.92. The smallest absolute Gasteiger partial charge is 0.241 e. The van der Waals surface area contributed by atoms with E-state index in [9.17, 15) is 9.90 Å². The van der Waals surface area contributed by atoms with Gasteiger partial charge in [0.1, 0.15) is 5.75 Å². The van der Waals surface area contributed by atoms with Crippen LogP contribution in [0.4, 0.5) is 5.69 Å². The van der Waals surface area contributed by atoms with Crippen LogP contribution < -0.4 is 10.6 Å². The molecule has 1 atom stereocenters. The first kappa shape index (κ1) is 11.9. The van der Waals surface area contributed by atoms with Crippen LogP contribution in [0, 0.1) is 13.8 Å². The fraction of sp³-hybridized carbons (Fsp3) is 0.462. The number of anilines is 1. The highest BCUT2D eigenvalue weighted by Crippen LogP contribution is 2.28. The second kappa shape index (κ2) is 4.75. The van der Waals surface area contributed by atoms with Crippen LogP contribution in [-0.2, 0) is 4.79 Å². The maximum absolute atomic E-state index is 11.9. The molecule has 0 spiro atoms. The molecule has 0 aliphatic carbocycles. The zero-order chi connectivity index (χ0) is 12.4. The number of hydrogen-bond acceptors (Lipinski definition) is 3. The van der Waals surface area contributed by atoms with Crippen molar-refractivity contribution in [2.24, 2.45) is 0 Å². The molecule has 0 radical (unpaired) electrons. The van der Waals surface area contributed by atoms with E-state index in [4.69, 9.17) is 0 Å². The van der Waals surface area contributed by atoms with Gasteiger partial charge in [0.2, 0.25) is 5.91 Å². The SMILES string of the molecule is Cc1cc(C)c(O)c(NC(=O)C2CCCN2)c1. The maximum atomic E-state index is 11.9. The van der Waals surface area contributed by atoms with Crippen LogP contribution in [0.1, 0.15) is 24.0 Å². The van der Waals surface area contributed by atoms with Crippen LogP contribution in [0.2, 0.25) is 0 Å². The molecule has 1 unspecified atom stereocenters. The van der Waals surface area contributed by atoms with Gasteiger partial charge in [-0.1, -0.05) is 6.07 Å². The molecule has 0 bridgehead atoms. The monoisotopic (exact) mass is 234 g/mol. The van der Waals surface area contributed by atoms with E-state index in [0.29, 0.717) is 5.69 Å². The van der Waals surface area contributed by atoms with Crippen LogP contribution in [0.3, 0.4) is 0 Å². The Bertz CT molecular complexity index is 437. The van der Waals surface area contributed by atoms with E-state index in [1.54, 1.807) is 6.07 Å². The summed E-state index contributed by atoms with van der Waals surface area (Å²) in [6.45, 7) is 4.65. The van der Waals surface area contributed by atoms with Crippen molar-refractivity contribution in [1.29, 1.82) is 0 Å². The molecule has 4 nitrogen and oxygen atoms in total. The molecule has 1 aliphatic rings. The number of phenolic OH excluding ortho intramolecular Hbond substituents is 1. The summed E-state index contributed by atoms with van der Waals surface area (Å²) in [5.74, 6) is 0.0877. The van der Waals surface area contributed by atoms with E-state index >= 15 is 0 Å². The Morgan fingerprint density at radius 1 is 1.47 bits per heavy atom. The number of aryl methyl sites for hydroxylation is 2. The molecular formula is C13H18N2O2. The lowest BCUT2D eigenvalue weighted by Crippen LogP contribution is -2.35. The number of nitrogens with one attached hydrogen (secondary N) is 2. The fourth-order valence-electron chi connectivity index (χ4n) is 2.18. The molecule has 1 fully saturated rings. The van der Waals surface area contributed by atoms with Gasteiger partial charge in [-0.15, -0.1) is 0 Å². The predicted octanol–water partition coefficient (Wildman–Crippen LogP) is 1.70. The molecule has 1 saturated heterocycles. The van der Waals surface area contributed by atoms with Crippen LogP contribution in [0.15, 0.2) is 12.1 Å². The Balaban J connectivity index is 2.15. The predicted molar refractivity (Wildman–Crippen MR) is 67.2 cm³/mol. The van der Waals surface area contributed by atoms with Crippen molar-refractivity contribution >= 4 is 11.6 Å². The summed E-state index contributed by atoms with van der Waals surface area (Å²) in [5, 5.41) is 15.8. The largest absolute Gasteiger partial charge is 0.505 e. The standard InChI is InChI=1S/C13H18N2O2/c1-8-6-9(2)12(16)11(7-8)15-13(17)10-4-3-5-14-10/h6-7,10,14,16H,3-5H2,1-2H3,(H,15,17). The van der Waals surface area contributed by atoms with Gasteiger partial charge < -0.3 is 15.7 Å². The maximum Gasteiger partial charge on any atom is 0.241 e. The molecule has 1 heterocycles. The molecule has 92 valence electrons. The van der Waals surface area contributed by atoms with Crippen molar-refractivity contribution in [3.63, 3.8) is 0 Å². The highest BCUT2D eigenvalue weighted by atomic mass is 16.3. The highest BCUT2D eigenvalue weighted by molar-refractivity contribution is 5.96. The molecule has 17 heavy (non-hydrogen) atoms. The van der Waals surface area contributed by atoms with Crippen molar-refractivity contribution in [2.75, 3.05) is 11.9 Å². The van der Waals surface area contributed by atoms with Gasteiger partial charge in [0, 0.05) is 0 Å². The normalized spacial score (nSPS) is 19.3. The first-order valence-corrected chi connectivity index (χ1v) is 5.92. The molecule has 0 saturated carbocycles. The third kappa shape index (κ3) is 2.58. The van der Waals surface area contributed by atoms with E-state index < -0.39 is 0 Å². The number of amides is 1. The van der Waals surface area contributed by atoms with E-state index in [1.165, 1.54) is 0 Å². The van der Waals surface area contributed by atoms with Gasteiger partial charge >= 0.3 is 0 Å². The van der Waals surface area contributed by atoms with Gasteiger partial charge in [-0.3, -0.25) is 4.79 Å². The quantitative estimate of drug-likeness (QED) is 0.682. The van der Waals surface area contributed by atoms with Gasteiger partial charge in [0.25, 0.3) is 0 Å². The number of benzene rings is 1. The average Bonchev–Trinajstić information content (AvgIpc) is 2.78. The summed E-state index contributed by atoms with van der Waals surface area (Å²) in [4.78, 5) is 11.9. The van der Waals surface area contributed by atoms with Gasteiger partial charge in [-0.25, -0.2) is 0 Å². The number of carbonyl (C=O) groups excluding carboxylic acids is 1. The van der Waals surface area contributed by atoms with Crippen molar-refractivity contribution in [3.8, 4) is 5.75 Å². The molecule has 1 aromatic carbocycles. The molecule has 1 aliphatic heterocycles. The Kier molecular flexibility index (Phi) is 3.33. The summed E-state index contributed by atoms with van der Waals surface area (Å²) in [6, 6.07) is 3.55. The lowest BCUT2D eigenvalue weighted by Gasteiger charge is -2.14. The Labute approximate surface area is 101 Å². The third-order valence-corrected chi connectivity index (χ3v) is 3.08. The van der Waals surface area contributed by atoms with E-state index in [2.05, 4.69) is 10.6 Å². The first-order chi connectivity index (χ1) is 8.08. The van der Waals surface area contributed by atoms with Crippen molar-refractivity contribution < 1.29 is 9.90 Å². The number of phenols is 1. The summed E-state index contributed by atoms with van der Waals surface area (Å²) in [5.41, 5.74) is 2.30. The minimum atomic E-state index is -0.129. The molecule has 3 N–H and O–H groups in total.